The van der Waals surface area contributed by atoms with Crippen molar-refractivity contribution in [2.45, 2.75) is 31.0 Å². The Morgan fingerprint density at radius 1 is 1.12 bits per heavy atom. The Labute approximate surface area is 147 Å². The van der Waals surface area contributed by atoms with E-state index < -0.39 is 12.1 Å². The Hall–Kier alpha value is -2.21. The van der Waals surface area contributed by atoms with E-state index in [1.807, 2.05) is 36.4 Å². The standard InChI is InChI=1S/C20H24N2O3/c23-13-18(19(24)15-7-2-1-3-8-15)22-20(25)17-12-16-9-5-4-6-14(16)10-11-21-17/h1-9,17-19,21,23-24H,10-13H2,(H,22,25)/t17?,18-,19-/m0/s1. The number of aliphatic hydroxyl groups is 2. The molecule has 0 aromatic heterocycles. The molecule has 1 heterocycles. The van der Waals surface area contributed by atoms with Crippen molar-refractivity contribution in [1.29, 1.82) is 0 Å². The molecule has 0 spiro atoms. The van der Waals surface area contributed by atoms with Crippen LogP contribution in [-0.2, 0) is 17.6 Å². The van der Waals surface area contributed by atoms with Crippen molar-refractivity contribution in [2.75, 3.05) is 13.2 Å². The van der Waals surface area contributed by atoms with Crippen LogP contribution in [0.5, 0.6) is 0 Å². The van der Waals surface area contributed by atoms with Crippen LogP contribution < -0.4 is 10.6 Å². The highest BCUT2D eigenvalue weighted by Crippen LogP contribution is 2.18. The summed E-state index contributed by atoms with van der Waals surface area (Å²) >= 11 is 0. The minimum atomic E-state index is -0.951. The molecule has 4 N–H and O–H groups in total. The van der Waals surface area contributed by atoms with Crippen LogP contribution in [0.4, 0.5) is 0 Å². The molecular formula is C20H24N2O3. The van der Waals surface area contributed by atoms with E-state index in [0.717, 1.165) is 18.5 Å². The van der Waals surface area contributed by atoms with Gasteiger partial charge in [-0.05, 0) is 36.1 Å². The molecule has 2 aromatic rings. The van der Waals surface area contributed by atoms with Crippen LogP contribution in [0.3, 0.4) is 0 Å². The third-order valence-electron chi connectivity index (χ3n) is 4.69. The molecule has 0 aliphatic carbocycles. The second-order valence-electron chi connectivity index (χ2n) is 6.38. The maximum absolute atomic E-state index is 12.7. The van der Waals surface area contributed by atoms with Crippen molar-refractivity contribution in [2.24, 2.45) is 0 Å². The molecule has 132 valence electrons. The Morgan fingerprint density at radius 3 is 2.52 bits per heavy atom. The number of aliphatic hydroxyl groups excluding tert-OH is 2. The summed E-state index contributed by atoms with van der Waals surface area (Å²) in [6, 6.07) is 16.1. The number of carbonyl (C=O) groups excluding carboxylic acids is 1. The van der Waals surface area contributed by atoms with Gasteiger partial charge >= 0.3 is 0 Å². The van der Waals surface area contributed by atoms with Gasteiger partial charge in [0, 0.05) is 0 Å². The van der Waals surface area contributed by atoms with Crippen molar-refractivity contribution in [3.8, 4) is 0 Å². The molecule has 0 saturated carbocycles. The second-order valence-corrected chi connectivity index (χ2v) is 6.38. The van der Waals surface area contributed by atoms with E-state index >= 15 is 0 Å². The molecule has 0 radical (unpaired) electrons. The summed E-state index contributed by atoms with van der Waals surface area (Å²) in [5, 5.41) is 26.1. The quantitative estimate of drug-likeness (QED) is 0.653. The number of fused-ring (bicyclic) bond motifs is 1. The van der Waals surface area contributed by atoms with Gasteiger partial charge in [0.1, 0.15) is 6.10 Å². The van der Waals surface area contributed by atoms with Gasteiger partial charge in [0.25, 0.3) is 0 Å². The Balaban J connectivity index is 1.68. The molecule has 25 heavy (non-hydrogen) atoms. The van der Waals surface area contributed by atoms with Crippen LogP contribution in [0.25, 0.3) is 0 Å². The first-order valence-corrected chi connectivity index (χ1v) is 8.63. The summed E-state index contributed by atoms with van der Waals surface area (Å²) in [6.45, 7) is 0.394. The van der Waals surface area contributed by atoms with E-state index in [4.69, 9.17) is 0 Å². The number of carbonyl (C=O) groups is 1. The lowest BCUT2D eigenvalue weighted by atomic mass is 9.99. The number of rotatable bonds is 5. The number of amides is 1. The van der Waals surface area contributed by atoms with Gasteiger partial charge in [0.15, 0.2) is 0 Å². The average molecular weight is 340 g/mol. The topological polar surface area (TPSA) is 81.6 Å². The first-order valence-electron chi connectivity index (χ1n) is 8.63. The molecule has 3 rings (SSSR count). The molecule has 1 aliphatic rings. The van der Waals surface area contributed by atoms with E-state index in [0.29, 0.717) is 12.0 Å². The van der Waals surface area contributed by atoms with E-state index in [1.165, 1.54) is 5.56 Å². The van der Waals surface area contributed by atoms with Crippen LogP contribution in [-0.4, -0.2) is 41.4 Å². The van der Waals surface area contributed by atoms with Gasteiger partial charge in [0.2, 0.25) is 5.91 Å². The van der Waals surface area contributed by atoms with Crippen molar-refractivity contribution in [1.82, 2.24) is 10.6 Å². The van der Waals surface area contributed by atoms with E-state index in [2.05, 4.69) is 16.7 Å². The molecule has 5 nitrogen and oxygen atoms in total. The minimum absolute atomic E-state index is 0.203. The fraction of sp³-hybridized carbons (Fsp3) is 0.350. The van der Waals surface area contributed by atoms with Crippen LogP contribution in [0.1, 0.15) is 22.8 Å². The molecule has 2 aromatic carbocycles. The average Bonchev–Trinajstić information content (AvgIpc) is 2.88. The third-order valence-corrected chi connectivity index (χ3v) is 4.69. The fourth-order valence-corrected chi connectivity index (χ4v) is 3.25. The lowest BCUT2D eigenvalue weighted by molar-refractivity contribution is -0.125. The molecular weight excluding hydrogens is 316 g/mol. The first-order chi connectivity index (χ1) is 12.2. The van der Waals surface area contributed by atoms with Crippen molar-refractivity contribution in [3.63, 3.8) is 0 Å². The van der Waals surface area contributed by atoms with Gasteiger partial charge in [-0.2, -0.15) is 0 Å². The van der Waals surface area contributed by atoms with E-state index in [9.17, 15) is 15.0 Å². The van der Waals surface area contributed by atoms with Crippen LogP contribution in [0.15, 0.2) is 54.6 Å². The fourth-order valence-electron chi connectivity index (χ4n) is 3.25. The van der Waals surface area contributed by atoms with Crippen molar-refractivity contribution in [3.05, 3.63) is 71.3 Å². The highest BCUT2D eigenvalue weighted by Gasteiger charge is 2.27. The van der Waals surface area contributed by atoms with Crippen LogP contribution in [0.2, 0.25) is 0 Å². The Bertz CT molecular complexity index is 705. The first kappa shape index (κ1) is 17.6. The maximum atomic E-state index is 12.7. The van der Waals surface area contributed by atoms with Gasteiger partial charge in [-0.15, -0.1) is 0 Å². The van der Waals surface area contributed by atoms with Crippen LogP contribution >= 0.6 is 0 Å². The highest BCUT2D eigenvalue weighted by atomic mass is 16.3. The highest BCUT2D eigenvalue weighted by molar-refractivity contribution is 5.82. The molecule has 0 bridgehead atoms. The summed E-state index contributed by atoms with van der Waals surface area (Å²) in [6.07, 6.45) is 0.533. The molecule has 3 atom stereocenters. The van der Waals surface area contributed by atoms with E-state index in [1.54, 1.807) is 12.1 Å². The molecule has 5 heteroatoms. The molecule has 1 amide bonds. The Morgan fingerprint density at radius 2 is 1.80 bits per heavy atom. The van der Waals surface area contributed by atoms with Gasteiger partial charge in [-0.1, -0.05) is 54.6 Å². The van der Waals surface area contributed by atoms with Gasteiger partial charge in [0.05, 0.1) is 18.7 Å². The summed E-state index contributed by atoms with van der Waals surface area (Å²) in [5.74, 6) is -0.203. The summed E-state index contributed by atoms with van der Waals surface area (Å²) in [5.41, 5.74) is 3.09. The van der Waals surface area contributed by atoms with Gasteiger partial charge < -0.3 is 20.8 Å². The smallest absolute Gasteiger partial charge is 0.237 e. The normalized spacial score (nSPS) is 19.4. The molecule has 0 saturated heterocycles. The summed E-state index contributed by atoms with van der Waals surface area (Å²) in [4.78, 5) is 12.7. The Kier molecular flexibility index (Phi) is 5.81. The zero-order valence-corrected chi connectivity index (χ0v) is 14.1. The number of benzene rings is 2. The molecule has 1 aliphatic heterocycles. The lowest BCUT2D eigenvalue weighted by Gasteiger charge is -2.25. The zero-order chi connectivity index (χ0) is 17.6. The predicted octanol–water partition coefficient (Wildman–Crippen LogP) is 0.954. The lowest BCUT2D eigenvalue weighted by Crippen LogP contribution is -2.51. The number of nitrogens with one attached hydrogen (secondary N) is 2. The maximum Gasteiger partial charge on any atom is 0.237 e. The number of hydrogen-bond donors (Lipinski definition) is 4. The molecule has 1 unspecified atom stereocenters. The largest absolute Gasteiger partial charge is 0.394 e. The van der Waals surface area contributed by atoms with Crippen molar-refractivity contribution >= 4 is 5.91 Å². The SMILES string of the molecule is O=C(N[C@@H](CO)[C@@H](O)c1ccccc1)C1Cc2ccccc2CCN1. The van der Waals surface area contributed by atoms with Crippen molar-refractivity contribution < 1.29 is 15.0 Å². The molecule has 0 fully saturated rings. The number of hydrogen-bond acceptors (Lipinski definition) is 4. The third kappa shape index (κ3) is 4.25. The van der Waals surface area contributed by atoms with Gasteiger partial charge in [-0.3, -0.25) is 4.79 Å². The predicted molar refractivity (Wildman–Crippen MR) is 96.1 cm³/mol. The summed E-state index contributed by atoms with van der Waals surface area (Å²) in [7, 11) is 0. The summed E-state index contributed by atoms with van der Waals surface area (Å²) < 4.78 is 0. The van der Waals surface area contributed by atoms with E-state index in [-0.39, 0.29) is 18.6 Å². The zero-order valence-electron chi connectivity index (χ0n) is 14.1. The van der Waals surface area contributed by atoms with Gasteiger partial charge in [-0.25, -0.2) is 0 Å². The monoisotopic (exact) mass is 340 g/mol. The van der Waals surface area contributed by atoms with Crippen LogP contribution in [0, 0.1) is 0 Å². The minimum Gasteiger partial charge on any atom is -0.394 e. The second kappa shape index (κ2) is 8.25.